The summed E-state index contributed by atoms with van der Waals surface area (Å²) in [5.74, 6) is 2.47. The standard InChI is InChI=1S/3C6H15O2PS2.Sb/c3*1-3-5-8-9(7,10)11-6-4-2;/h3*3-6H2,1-2H3,(H,7,10);/q;;;+3/p-3. The molecule has 206 valence electrons. The Bertz CT molecular complexity index is 468. The van der Waals surface area contributed by atoms with Crippen LogP contribution in [0.15, 0.2) is 0 Å². The van der Waals surface area contributed by atoms with Crippen molar-refractivity contribution in [3.05, 3.63) is 0 Å². The molecule has 0 aliphatic rings. The molecule has 0 aliphatic heterocycles. The van der Waals surface area contributed by atoms with E-state index in [4.69, 9.17) is 49.0 Å². The zero-order valence-electron chi connectivity index (χ0n) is 21.2. The maximum Gasteiger partial charge on any atom is 3.00 e. The molecular formula is C18H42O6P3S6Sb. The third kappa shape index (κ3) is 37.7. The van der Waals surface area contributed by atoms with Gasteiger partial charge in [-0.25, -0.2) is 0 Å². The molecule has 0 fully saturated rings. The van der Waals surface area contributed by atoms with Crippen molar-refractivity contribution in [1.29, 1.82) is 0 Å². The minimum Gasteiger partial charge on any atom is -0.793 e. The molecule has 16 heteroatoms. The Kier molecular flexibility index (Phi) is 38.8. The average molecular weight is 762 g/mol. The first-order valence-corrected chi connectivity index (χ1v) is 23.9. The average Bonchev–Trinajstić information content (AvgIpc) is 2.77. The summed E-state index contributed by atoms with van der Waals surface area (Å²) in [7, 11) is 0. The molecular weight excluding hydrogens is 719 g/mol. The van der Waals surface area contributed by atoms with E-state index in [9.17, 15) is 14.7 Å². The first kappa shape index (κ1) is 44.6. The molecule has 2 radical (unpaired) electrons. The fourth-order valence-electron chi connectivity index (χ4n) is 1.33. The molecule has 0 heterocycles. The Hall–Kier alpha value is 3.58. The van der Waals surface area contributed by atoms with Gasteiger partial charge in [0.1, 0.15) is 0 Å². The SMILES string of the molecule is CCCOP([O-])(=S)SCCC.CCCOP([O-])(=S)SCCC.CCCOP([O-])(=S)SCCC.[Sb+3]. The number of rotatable bonds is 18. The summed E-state index contributed by atoms with van der Waals surface area (Å²) in [5, 5.41) is 0. The van der Waals surface area contributed by atoms with Crippen LogP contribution < -0.4 is 14.7 Å². The Balaban J connectivity index is -0.000000196. The van der Waals surface area contributed by atoms with Crippen molar-refractivity contribution in [2.75, 3.05) is 37.1 Å². The van der Waals surface area contributed by atoms with E-state index < -0.39 is 17.1 Å². The molecule has 0 spiro atoms. The van der Waals surface area contributed by atoms with Gasteiger partial charge >= 0.3 is 24.4 Å². The smallest absolute Gasteiger partial charge is 0.793 e. The van der Waals surface area contributed by atoms with Crippen molar-refractivity contribution >= 4 is 111 Å². The largest absolute Gasteiger partial charge is 3.00 e. The van der Waals surface area contributed by atoms with Crippen LogP contribution in [-0.2, 0) is 49.0 Å². The Morgan fingerprint density at radius 2 is 0.706 bits per heavy atom. The summed E-state index contributed by atoms with van der Waals surface area (Å²) < 4.78 is 15.0. The topological polar surface area (TPSA) is 96.9 Å². The van der Waals surface area contributed by atoms with E-state index in [2.05, 4.69) is 0 Å². The van der Waals surface area contributed by atoms with Crippen molar-refractivity contribution in [3.63, 3.8) is 0 Å². The van der Waals surface area contributed by atoms with E-state index in [-0.39, 0.29) is 24.4 Å². The van der Waals surface area contributed by atoms with Gasteiger partial charge in [0.25, 0.3) is 0 Å². The maximum absolute atomic E-state index is 11.3. The molecule has 6 nitrogen and oxygen atoms in total. The second-order valence-electron chi connectivity index (χ2n) is 6.34. The molecule has 0 aliphatic carbocycles. The van der Waals surface area contributed by atoms with Gasteiger partial charge in [-0.05, 0) is 55.8 Å². The van der Waals surface area contributed by atoms with Gasteiger partial charge in [-0.1, -0.05) is 77.0 Å². The Morgan fingerprint density at radius 1 is 0.500 bits per heavy atom. The molecule has 0 rings (SSSR count). The van der Waals surface area contributed by atoms with Crippen LogP contribution in [0.5, 0.6) is 0 Å². The minimum absolute atomic E-state index is 0. The molecule has 34 heavy (non-hydrogen) atoms. The van der Waals surface area contributed by atoms with Crippen LogP contribution in [0.4, 0.5) is 0 Å². The van der Waals surface area contributed by atoms with Gasteiger partial charge in [0, 0.05) is 17.1 Å². The van der Waals surface area contributed by atoms with Crippen LogP contribution in [0.3, 0.4) is 0 Å². The van der Waals surface area contributed by atoms with Gasteiger partial charge in [0.15, 0.2) is 0 Å². The minimum atomic E-state index is -2.73. The van der Waals surface area contributed by atoms with Gasteiger partial charge in [-0.3, -0.25) is 0 Å². The molecule has 0 bridgehead atoms. The fraction of sp³-hybridized carbons (Fsp3) is 1.00. The summed E-state index contributed by atoms with van der Waals surface area (Å²) in [6.45, 7) is 13.5. The summed E-state index contributed by atoms with van der Waals surface area (Å²) in [4.78, 5) is 33.9. The van der Waals surface area contributed by atoms with Crippen LogP contribution in [0.1, 0.15) is 80.1 Å². The van der Waals surface area contributed by atoms with Gasteiger partial charge in [0.05, 0.1) is 19.8 Å². The maximum atomic E-state index is 11.3. The zero-order valence-corrected chi connectivity index (χ0v) is 31.3. The van der Waals surface area contributed by atoms with Crippen LogP contribution in [0.2, 0.25) is 0 Å². The van der Waals surface area contributed by atoms with Crippen LogP contribution >= 0.6 is 51.2 Å². The quantitative estimate of drug-likeness (QED) is 0.120. The van der Waals surface area contributed by atoms with Crippen molar-refractivity contribution in [2.24, 2.45) is 0 Å². The predicted octanol–water partition coefficient (Wildman–Crippen LogP) is 6.04. The van der Waals surface area contributed by atoms with Gasteiger partial charge in [0.2, 0.25) is 0 Å². The molecule has 0 aromatic rings. The monoisotopic (exact) mass is 760 g/mol. The molecule has 3 unspecified atom stereocenters. The van der Waals surface area contributed by atoms with Crippen LogP contribution in [-0.4, -0.2) is 61.5 Å². The Morgan fingerprint density at radius 3 is 0.853 bits per heavy atom. The van der Waals surface area contributed by atoms with Crippen molar-refractivity contribution in [2.45, 2.75) is 80.1 Å². The normalized spacial score (nSPS) is 15.8. The van der Waals surface area contributed by atoms with Gasteiger partial charge in [-0.15, -0.1) is 34.1 Å². The molecule has 0 aromatic heterocycles. The molecule has 0 N–H and O–H groups in total. The fourth-order valence-corrected chi connectivity index (χ4v) is 11.7. The number of hydrogen-bond acceptors (Lipinski definition) is 12. The van der Waals surface area contributed by atoms with E-state index in [1.807, 2.05) is 41.5 Å². The van der Waals surface area contributed by atoms with Crippen LogP contribution in [0.25, 0.3) is 0 Å². The molecule has 0 saturated heterocycles. The van der Waals surface area contributed by atoms with Gasteiger partial charge < -0.3 is 28.3 Å². The molecule has 0 amide bonds. The van der Waals surface area contributed by atoms with E-state index in [0.29, 0.717) is 19.8 Å². The van der Waals surface area contributed by atoms with Crippen LogP contribution in [0, 0.1) is 0 Å². The van der Waals surface area contributed by atoms with Crippen molar-refractivity contribution in [3.8, 4) is 0 Å². The number of hydrogen-bond donors (Lipinski definition) is 0. The second kappa shape index (κ2) is 29.6. The van der Waals surface area contributed by atoms with E-state index in [1.54, 1.807) is 0 Å². The third-order valence-electron chi connectivity index (χ3n) is 2.72. The molecule has 0 saturated carbocycles. The van der Waals surface area contributed by atoms with Crippen molar-refractivity contribution < 1.29 is 28.3 Å². The Labute approximate surface area is 254 Å². The third-order valence-corrected chi connectivity index (χ3v) is 16.2. The summed E-state index contributed by atoms with van der Waals surface area (Å²) >= 11 is 18.1. The predicted molar refractivity (Wildman–Crippen MR) is 166 cm³/mol. The van der Waals surface area contributed by atoms with E-state index in [1.165, 1.54) is 34.1 Å². The van der Waals surface area contributed by atoms with Crippen molar-refractivity contribution in [1.82, 2.24) is 0 Å². The molecule has 0 aromatic carbocycles. The molecule has 3 atom stereocenters. The zero-order chi connectivity index (χ0) is 26.2. The van der Waals surface area contributed by atoms with E-state index in [0.717, 1.165) is 55.8 Å². The van der Waals surface area contributed by atoms with Gasteiger partial charge in [-0.2, -0.15) is 0 Å². The summed E-state index contributed by atoms with van der Waals surface area (Å²) in [6.07, 6.45) is 5.57. The summed E-state index contributed by atoms with van der Waals surface area (Å²) in [6, 6.07) is 0. The summed E-state index contributed by atoms with van der Waals surface area (Å²) in [5.41, 5.74) is -8.18. The first-order chi connectivity index (χ1) is 15.4. The first-order valence-electron chi connectivity index (χ1n) is 11.2. The van der Waals surface area contributed by atoms with E-state index >= 15 is 0 Å². The second-order valence-corrected chi connectivity index (χ2v) is 24.9.